The van der Waals surface area contributed by atoms with Gasteiger partial charge >= 0.3 is 0 Å². The molecule has 0 saturated heterocycles. The Labute approximate surface area is 102 Å². The standard InChI is InChI=1S/C15H16N2/c1-2-15(14-8-4-3-5-9-14)17-12-13-7-6-10-16-11-13/h3-12,15H,2H2,1H3. The average Bonchev–Trinajstić information content (AvgIpc) is 2.42. The quantitative estimate of drug-likeness (QED) is 0.728. The van der Waals surface area contributed by atoms with Crippen molar-refractivity contribution in [2.45, 2.75) is 19.4 Å². The topological polar surface area (TPSA) is 25.2 Å². The lowest BCUT2D eigenvalue weighted by molar-refractivity contribution is 0.704. The summed E-state index contributed by atoms with van der Waals surface area (Å²) in [6.07, 6.45) is 6.49. The summed E-state index contributed by atoms with van der Waals surface area (Å²) in [5.74, 6) is 0. The molecule has 0 aliphatic heterocycles. The third kappa shape index (κ3) is 3.25. The predicted molar refractivity (Wildman–Crippen MR) is 71.3 cm³/mol. The lowest BCUT2D eigenvalue weighted by atomic mass is 10.1. The molecule has 0 spiro atoms. The minimum Gasteiger partial charge on any atom is -0.284 e. The summed E-state index contributed by atoms with van der Waals surface area (Å²) in [7, 11) is 0. The van der Waals surface area contributed by atoms with Crippen molar-refractivity contribution in [3.05, 3.63) is 66.0 Å². The van der Waals surface area contributed by atoms with Crippen LogP contribution < -0.4 is 0 Å². The normalized spacial score (nSPS) is 12.8. The molecule has 2 nitrogen and oxygen atoms in total. The summed E-state index contributed by atoms with van der Waals surface area (Å²) in [5.41, 5.74) is 2.30. The Morgan fingerprint density at radius 3 is 2.65 bits per heavy atom. The van der Waals surface area contributed by atoms with E-state index in [2.05, 4.69) is 41.2 Å². The Kier molecular flexibility index (Phi) is 4.03. The minimum absolute atomic E-state index is 0.233. The van der Waals surface area contributed by atoms with E-state index in [0.717, 1.165) is 12.0 Å². The van der Waals surface area contributed by atoms with Gasteiger partial charge in [0.15, 0.2) is 0 Å². The van der Waals surface area contributed by atoms with E-state index in [9.17, 15) is 0 Å². The average molecular weight is 224 g/mol. The SMILES string of the molecule is CCC(N=Cc1cccnc1)c1ccccc1. The molecule has 1 heterocycles. The van der Waals surface area contributed by atoms with Crippen LogP contribution in [0, 0.1) is 0 Å². The Morgan fingerprint density at radius 2 is 2.00 bits per heavy atom. The van der Waals surface area contributed by atoms with Gasteiger partial charge in [0.2, 0.25) is 0 Å². The molecule has 0 bridgehead atoms. The first-order valence-corrected chi connectivity index (χ1v) is 5.88. The number of hydrogen-bond acceptors (Lipinski definition) is 2. The molecule has 1 atom stereocenters. The summed E-state index contributed by atoms with van der Waals surface area (Å²) in [5, 5.41) is 0. The highest BCUT2D eigenvalue weighted by Gasteiger charge is 2.04. The lowest BCUT2D eigenvalue weighted by Crippen LogP contribution is -1.94. The largest absolute Gasteiger partial charge is 0.284 e. The molecule has 0 fully saturated rings. The Morgan fingerprint density at radius 1 is 1.18 bits per heavy atom. The third-order valence-corrected chi connectivity index (χ3v) is 2.66. The molecule has 1 aromatic carbocycles. The summed E-state index contributed by atoms with van der Waals surface area (Å²) in [6, 6.07) is 14.5. The van der Waals surface area contributed by atoms with Crippen LogP contribution >= 0.6 is 0 Å². The summed E-state index contributed by atoms with van der Waals surface area (Å²) >= 11 is 0. The molecule has 0 radical (unpaired) electrons. The van der Waals surface area contributed by atoms with Gasteiger partial charge in [-0.25, -0.2) is 0 Å². The number of benzene rings is 1. The molecular formula is C15H16N2. The van der Waals surface area contributed by atoms with Crippen LogP contribution in [0.15, 0.2) is 59.9 Å². The minimum atomic E-state index is 0.233. The Hall–Kier alpha value is -1.96. The summed E-state index contributed by atoms with van der Waals surface area (Å²) in [4.78, 5) is 8.69. The first-order valence-electron chi connectivity index (χ1n) is 5.88. The zero-order valence-electron chi connectivity index (χ0n) is 9.95. The van der Waals surface area contributed by atoms with E-state index in [1.807, 2.05) is 30.6 Å². The molecule has 17 heavy (non-hydrogen) atoms. The maximum atomic E-state index is 4.62. The number of aromatic nitrogens is 1. The number of rotatable bonds is 4. The van der Waals surface area contributed by atoms with Gasteiger partial charge in [-0.15, -0.1) is 0 Å². The third-order valence-electron chi connectivity index (χ3n) is 2.66. The van der Waals surface area contributed by atoms with E-state index in [-0.39, 0.29) is 6.04 Å². The highest BCUT2D eigenvalue weighted by atomic mass is 14.8. The van der Waals surface area contributed by atoms with Gasteiger partial charge in [-0.1, -0.05) is 43.3 Å². The number of pyridine rings is 1. The van der Waals surface area contributed by atoms with Crippen molar-refractivity contribution in [3.8, 4) is 0 Å². The van der Waals surface area contributed by atoms with Crippen molar-refractivity contribution in [3.63, 3.8) is 0 Å². The second kappa shape index (κ2) is 5.94. The van der Waals surface area contributed by atoms with Crippen molar-refractivity contribution in [1.82, 2.24) is 4.98 Å². The van der Waals surface area contributed by atoms with Crippen molar-refractivity contribution in [2.75, 3.05) is 0 Å². The first kappa shape index (κ1) is 11.5. The smallest absolute Gasteiger partial charge is 0.0746 e. The molecule has 0 saturated carbocycles. The van der Waals surface area contributed by atoms with Crippen LogP contribution in [0.1, 0.15) is 30.5 Å². The van der Waals surface area contributed by atoms with Gasteiger partial charge < -0.3 is 0 Å². The molecular weight excluding hydrogens is 208 g/mol. The van der Waals surface area contributed by atoms with Crippen molar-refractivity contribution in [1.29, 1.82) is 0 Å². The lowest BCUT2D eigenvalue weighted by Gasteiger charge is -2.09. The molecule has 2 heteroatoms. The second-order valence-electron chi connectivity index (χ2n) is 3.90. The number of aliphatic imine (C=N–C) groups is 1. The summed E-state index contributed by atoms with van der Waals surface area (Å²) < 4.78 is 0. The summed E-state index contributed by atoms with van der Waals surface area (Å²) in [6.45, 7) is 2.15. The second-order valence-corrected chi connectivity index (χ2v) is 3.90. The fourth-order valence-corrected chi connectivity index (χ4v) is 1.73. The van der Waals surface area contributed by atoms with E-state index in [1.165, 1.54) is 5.56 Å². The van der Waals surface area contributed by atoms with E-state index in [4.69, 9.17) is 0 Å². The molecule has 2 rings (SSSR count). The van der Waals surface area contributed by atoms with E-state index in [0.29, 0.717) is 0 Å². The first-order chi connectivity index (χ1) is 8.40. The highest BCUT2D eigenvalue weighted by molar-refractivity contribution is 5.79. The van der Waals surface area contributed by atoms with Gasteiger partial charge in [0.1, 0.15) is 0 Å². The maximum Gasteiger partial charge on any atom is 0.0746 e. The van der Waals surface area contributed by atoms with E-state index >= 15 is 0 Å². The Balaban J connectivity index is 2.14. The van der Waals surface area contributed by atoms with Crippen LogP contribution in [0.5, 0.6) is 0 Å². The van der Waals surface area contributed by atoms with Crippen molar-refractivity contribution < 1.29 is 0 Å². The Bertz CT molecular complexity index is 463. The van der Waals surface area contributed by atoms with Crippen LogP contribution in [0.3, 0.4) is 0 Å². The molecule has 86 valence electrons. The van der Waals surface area contributed by atoms with Gasteiger partial charge in [-0.3, -0.25) is 9.98 Å². The van der Waals surface area contributed by atoms with Crippen LogP contribution in [0.2, 0.25) is 0 Å². The zero-order chi connectivity index (χ0) is 11.9. The number of hydrogen-bond donors (Lipinski definition) is 0. The fourth-order valence-electron chi connectivity index (χ4n) is 1.73. The molecule has 0 amide bonds. The number of nitrogens with zero attached hydrogens (tertiary/aromatic N) is 2. The molecule has 0 aliphatic carbocycles. The van der Waals surface area contributed by atoms with E-state index in [1.54, 1.807) is 6.20 Å². The monoisotopic (exact) mass is 224 g/mol. The predicted octanol–water partition coefficient (Wildman–Crippen LogP) is 3.65. The van der Waals surface area contributed by atoms with Gasteiger partial charge in [-0.05, 0) is 18.1 Å². The van der Waals surface area contributed by atoms with Gasteiger partial charge in [0.05, 0.1) is 6.04 Å². The molecule has 1 unspecified atom stereocenters. The highest BCUT2D eigenvalue weighted by Crippen LogP contribution is 2.20. The van der Waals surface area contributed by atoms with Gasteiger partial charge in [0.25, 0.3) is 0 Å². The van der Waals surface area contributed by atoms with Crippen LogP contribution in [0.25, 0.3) is 0 Å². The van der Waals surface area contributed by atoms with Gasteiger partial charge in [-0.2, -0.15) is 0 Å². The van der Waals surface area contributed by atoms with Crippen LogP contribution in [-0.2, 0) is 0 Å². The van der Waals surface area contributed by atoms with Crippen molar-refractivity contribution in [2.24, 2.45) is 4.99 Å². The fraction of sp³-hybridized carbons (Fsp3) is 0.200. The van der Waals surface area contributed by atoms with Gasteiger partial charge in [0, 0.05) is 24.2 Å². The van der Waals surface area contributed by atoms with Crippen LogP contribution in [0.4, 0.5) is 0 Å². The zero-order valence-corrected chi connectivity index (χ0v) is 9.95. The van der Waals surface area contributed by atoms with Crippen molar-refractivity contribution >= 4 is 6.21 Å². The van der Waals surface area contributed by atoms with Crippen LogP contribution in [-0.4, -0.2) is 11.2 Å². The molecule has 0 aliphatic rings. The van der Waals surface area contributed by atoms with E-state index < -0.39 is 0 Å². The molecule has 2 aromatic rings. The molecule has 0 N–H and O–H groups in total. The maximum absolute atomic E-state index is 4.62. The molecule has 1 aromatic heterocycles.